The zero-order chi connectivity index (χ0) is 8.27. The van der Waals surface area contributed by atoms with E-state index in [1.165, 1.54) is 0 Å². The van der Waals surface area contributed by atoms with E-state index in [9.17, 15) is 4.79 Å². The summed E-state index contributed by atoms with van der Waals surface area (Å²) < 4.78 is 0. The number of aldehydes is 1. The van der Waals surface area contributed by atoms with Crippen LogP contribution in [0, 0.1) is 6.92 Å². The summed E-state index contributed by atoms with van der Waals surface area (Å²) >= 11 is 0. The Morgan fingerprint density at radius 3 is 2.91 bits per heavy atom. The normalized spacial score (nSPS) is 9.55. The maximum atomic E-state index is 10.2. The molecule has 0 aromatic heterocycles. The molecule has 0 heterocycles. The highest BCUT2D eigenvalue weighted by Gasteiger charge is 1.98. The first-order valence-electron chi connectivity index (χ1n) is 3.53. The molecule has 0 bridgehead atoms. The molecule has 0 aliphatic rings. The third-order valence-electron chi connectivity index (χ3n) is 1.72. The molecule has 1 aromatic rings. The molecule has 0 aliphatic heterocycles. The molecule has 0 atom stereocenters. The van der Waals surface area contributed by atoms with Gasteiger partial charge in [-0.15, -0.1) is 0 Å². The van der Waals surface area contributed by atoms with Crippen molar-refractivity contribution in [3.8, 4) is 0 Å². The second kappa shape index (κ2) is 3.19. The van der Waals surface area contributed by atoms with Crippen molar-refractivity contribution in [1.82, 2.24) is 0 Å². The minimum absolute atomic E-state index is 0.410. The fourth-order valence-electron chi connectivity index (χ4n) is 1.01. The van der Waals surface area contributed by atoms with Gasteiger partial charge in [-0.05, 0) is 18.1 Å². The molecule has 0 radical (unpaired) electrons. The summed E-state index contributed by atoms with van der Waals surface area (Å²) in [7, 11) is 0. The van der Waals surface area contributed by atoms with E-state index in [0.717, 1.165) is 23.1 Å². The number of hydrogen-bond acceptors (Lipinski definition) is 2. The molecule has 58 valence electrons. The Hall–Kier alpha value is -1.31. The van der Waals surface area contributed by atoms with Crippen LogP contribution in [0.25, 0.3) is 0 Å². The molecule has 0 amide bonds. The molecule has 0 saturated carbocycles. The number of carbonyl (C=O) groups is 1. The minimum Gasteiger partial charge on any atom is -0.398 e. The lowest BCUT2D eigenvalue weighted by atomic mass is 10.1. The summed E-state index contributed by atoms with van der Waals surface area (Å²) in [6, 6.07) is 5.71. The van der Waals surface area contributed by atoms with Crippen LogP contribution in [0.2, 0.25) is 0 Å². The molecule has 0 unspecified atom stereocenters. The number of carbonyl (C=O) groups excluding carboxylic acids is 1. The third kappa shape index (κ3) is 1.58. The zero-order valence-corrected chi connectivity index (χ0v) is 6.50. The van der Waals surface area contributed by atoms with E-state index in [0.29, 0.717) is 6.42 Å². The Bertz CT molecular complexity index is 268. The molecule has 1 aromatic carbocycles. The Kier molecular flexibility index (Phi) is 2.26. The first-order valence-corrected chi connectivity index (χ1v) is 3.53. The monoisotopic (exact) mass is 149 g/mol. The number of nitrogens with two attached hydrogens (primary N) is 1. The van der Waals surface area contributed by atoms with Gasteiger partial charge in [-0.1, -0.05) is 18.2 Å². The summed E-state index contributed by atoms with van der Waals surface area (Å²) in [4.78, 5) is 10.2. The van der Waals surface area contributed by atoms with Gasteiger partial charge in [-0.3, -0.25) is 0 Å². The second-order valence-corrected chi connectivity index (χ2v) is 2.52. The van der Waals surface area contributed by atoms with Crippen LogP contribution in [0.4, 0.5) is 5.69 Å². The Morgan fingerprint density at radius 1 is 1.55 bits per heavy atom. The van der Waals surface area contributed by atoms with Gasteiger partial charge >= 0.3 is 0 Å². The number of nitrogen functional groups attached to an aromatic ring is 1. The van der Waals surface area contributed by atoms with Gasteiger partial charge in [0.15, 0.2) is 0 Å². The van der Waals surface area contributed by atoms with E-state index in [2.05, 4.69) is 0 Å². The highest BCUT2D eigenvalue weighted by Crippen LogP contribution is 2.15. The number of rotatable bonds is 2. The SMILES string of the molecule is Cc1cccc(CC=O)c1N. The van der Waals surface area contributed by atoms with Crippen LogP contribution >= 0.6 is 0 Å². The highest BCUT2D eigenvalue weighted by molar-refractivity contribution is 5.63. The molecular weight excluding hydrogens is 138 g/mol. The standard InChI is InChI=1S/C9H11NO/c1-7-3-2-4-8(5-6-11)9(7)10/h2-4,6H,5,10H2,1H3. The highest BCUT2D eigenvalue weighted by atomic mass is 16.1. The van der Waals surface area contributed by atoms with Crippen molar-refractivity contribution >= 4 is 12.0 Å². The quantitative estimate of drug-likeness (QED) is 0.509. The maximum absolute atomic E-state index is 10.2. The van der Waals surface area contributed by atoms with Gasteiger partial charge in [-0.2, -0.15) is 0 Å². The van der Waals surface area contributed by atoms with E-state index in [4.69, 9.17) is 5.73 Å². The maximum Gasteiger partial charge on any atom is 0.124 e. The second-order valence-electron chi connectivity index (χ2n) is 2.52. The van der Waals surface area contributed by atoms with Crippen molar-refractivity contribution < 1.29 is 4.79 Å². The van der Waals surface area contributed by atoms with Crippen molar-refractivity contribution in [2.75, 3.05) is 5.73 Å². The molecule has 2 N–H and O–H groups in total. The summed E-state index contributed by atoms with van der Waals surface area (Å²) in [5.74, 6) is 0. The fourth-order valence-corrected chi connectivity index (χ4v) is 1.01. The molecule has 0 fully saturated rings. The minimum atomic E-state index is 0.410. The summed E-state index contributed by atoms with van der Waals surface area (Å²) in [5, 5.41) is 0. The Balaban J connectivity index is 3.05. The van der Waals surface area contributed by atoms with Crippen LogP contribution in [0.1, 0.15) is 11.1 Å². The van der Waals surface area contributed by atoms with Gasteiger partial charge in [-0.25, -0.2) is 0 Å². The average Bonchev–Trinajstić information content (AvgIpc) is 1.99. The first-order chi connectivity index (χ1) is 5.25. The van der Waals surface area contributed by atoms with Crippen molar-refractivity contribution in [2.45, 2.75) is 13.3 Å². The Morgan fingerprint density at radius 2 is 2.27 bits per heavy atom. The van der Waals surface area contributed by atoms with Crippen LogP contribution < -0.4 is 5.73 Å². The van der Waals surface area contributed by atoms with Gasteiger partial charge < -0.3 is 10.5 Å². The predicted molar refractivity (Wildman–Crippen MR) is 45.4 cm³/mol. The molecule has 0 aliphatic carbocycles. The van der Waals surface area contributed by atoms with Crippen molar-refractivity contribution in [3.63, 3.8) is 0 Å². The van der Waals surface area contributed by atoms with Crippen LogP contribution in [-0.2, 0) is 11.2 Å². The lowest BCUT2D eigenvalue weighted by Crippen LogP contribution is -1.97. The van der Waals surface area contributed by atoms with Gasteiger partial charge in [0.1, 0.15) is 6.29 Å². The van der Waals surface area contributed by atoms with Crippen LogP contribution in [0.3, 0.4) is 0 Å². The number of aryl methyl sites for hydroxylation is 1. The van der Waals surface area contributed by atoms with E-state index in [1.54, 1.807) is 0 Å². The topological polar surface area (TPSA) is 43.1 Å². The summed E-state index contributed by atoms with van der Waals surface area (Å²) in [6.45, 7) is 1.93. The lowest BCUT2D eigenvalue weighted by Gasteiger charge is -2.03. The molecule has 2 nitrogen and oxygen atoms in total. The van der Waals surface area contributed by atoms with Crippen molar-refractivity contribution in [2.24, 2.45) is 0 Å². The van der Waals surface area contributed by atoms with Crippen LogP contribution in [-0.4, -0.2) is 6.29 Å². The summed E-state index contributed by atoms with van der Waals surface area (Å²) in [6.07, 6.45) is 1.28. The molecule has 11 heavy (non-hydrogen) atoms. The summed E-state index contributed by atoms with van der Waals surface area (Å²) in [5.41, 5.74) is 8.39. The largest absolute Gasteiger partial charge is 0.398 e. The number of benzene rings is 1. The van der Waals surface area contributed by atoms with Gasteiger partial charge in [0.25, 0.3) is 0 Å². The molecule has 0 saturated heterocycles. The number of para-hydroxylation sites is 1. The predicted octanol–water partition coefficient (Wildman–Crippen LogP) is 1.32. The van der Waals surface area contributed by atoms with E-state index < -0.39 is 0 Å². The average molecular weight is 149 g/mol. The van der Waals surface area contributed by atoms with Gasteiger partial charge in [0, 0.05) is 12.1 Å². The molecule has 2 heteroatoms. The smallest absolute Gasteiger partial charge is 0.124 e. The fraction of sp³-hybridized carbons (Fsp3) is 0.222. The van der Waals surface area contributed by atoms with Gasteiger partial charge in [0.2, 0.25) is 0 Å². The van der Waals surface area contributed by atoms with E-state index in [-0.39, 0.29) is 0 Å². The molecule has 1 rings (SSSR count). The lowest BCUT2D eigenvalue weighted by molar-refractivity contribution is -0.107. The molecule has 0 spiro atoms. The Labute approximate surface area is 66.0 Å². The van der Waals surface area contributed by atoms with Crippen molar-refractivity contribution in [3.05, 3.63) is 29.3 Å². The number of anilines is 1. The van der Waals surface area contributed by atoms with Crippen LogP contribution in [0.5, 0.6) is 0 Å². The van der Waals surface area contributed by atoms with Crippen LogP contribution in [0.15, 0.2) is 18.2 Å². The third-order valence-corrected chi connectivity index (χ3v) is 1.72. The number of hydrogen-bond donors (Lipinski definition) is 1. The van der Waals surface area contributed by atoms with Crippen molar-refractivity contribution in [1.29, 1.82) is 0 Å². The van der Waals surface area contributed by atoms with E-state index >= 15 is 0 Å². The van der Waals surface area contributed by atoms with Gasteiger partial charge in [0.05, 0.1) is 0 Å². The van der Waals surface area contributed by atoms with E-state index in [1.807, 2.05) is 25.1 Å². The zero-order valence-electron chi connectivity index (χ0n) is 6.50. The first kappa shape index (κ1) is 7.79. The molecular formula is C9H11NO.